The molecule has 3 rings (SSSR count). The summed E-state index contributed by atoms with van der Waals surface area (Å²) in [6.45, 7) is 9.56. The molecule has 1 aliphatic rings. The summed E-state index contributed by atoms with van der Waals surface area (Å²) in [5, 5.41) is 14.2. The largest absolute Gasteiger partial charge is 0.466 e. The van der Waals surface area contributed by atoms with E-state index >= 15 is 0 Å². The number of aliphatic hydroxyl groups is 1. The Morgan fingerprint density at radius 3 is 2.44 bits per heavy atom. The van der Waals surface area contributed by atoms with E-state index in [0.29, 0.717) is 25.5 Å². The van der Waals surface area contributed by atoms with Crippen LogP contribution in [0.4, 0.5) is 0 Å². The molecule has 2 aromatic rings. The van der Waals surface area contributed by atoms with E-state index in [0.717, 1.165) is 44.1 Å². The van der Waals surface area contributed by atoms with Crippen molar-refractivity contribution in [1.29, 1.82) is 0 Å². The SMILES string of the molecule is CCOC(=O)CCCCc1ccccc1[C@@H](C)OC[C@H](O)CNC(C)(C)CC1Cc2ccccc2C1. The van der Waals surface area contributed by atoms with Crippen LogP contribution in [0, 0.1) is 5.92 Å². The molecule has 0 amide bonds. The van der Waals surface area contributed by atoms with Gasteiger partial charge < -0.3 is 19.9 Å². The third-order valence-corrected chi connectivity index (χ3v) is 7.16. The summed E-state index contributed by atoms with van der Waals surface area (Å²) in [5.41, 5.74) is 5.31. The zero-order valence-corrected chi connectivity index (χ0v) is 22.6. The highest BCUT2D eigenvalue weighted by atomic mass is 16.5. The first kappa shape index (κ1) is 28.4. The Kier molecular flexibility index (Phi) is 11.0. The van der Waals surface area contributed by atoms with Crippen LogP contribution in [0.1, 0.15) is 81.7 Å². The fraction of sp³-hybridized carbons (Fsp3) is 0.581. The fourth-order valence-electron chi connectivity index (χ4n) is 5.36. The van der Waals surface area contributed by atoms with Crippen molar-refractivity contribution < 1.29 is 19.4 Å². The second-order valence-electron chi connectivity index (χ2n) is 10.9. The molecule has 0 radical (unpaired) electrons. The van der Waals surface area contributed by atoms with Gasteiger partial charge >= 0.3 is 5.97 Å². The van der Waals surface area contributed by atoms with Crippen molar-refractivity contribution in [3.8, 4) is 0 Å². The number of ether oxygens (including phenoxy) is 2. The van der Waals surface area contributed by atoms with Gasteiger partial charge in [-0.25, -0.2) is 0 Å². The molecule has 36 heavy (non-hydrogen) atoms. The van der Waals surface area contributed by atoms with Crippen molar-refractivity contribution in [2.24, 2.45) is 5.92 Å². The summed E-state index contributed by atoms with van der Waals surface area (Å²) in [6.07, 6.45) is 5.80. The van der Waals surface area contributed by atoms with Crippen LogP contribution in [-0.2, 0) is 33.5 Å². The monoisotopic (exact) mass is 495 g/mol. The van der Waals surface area contributed by atoms with Crippen LogP contribution < -0.4 is 5.32 Å². The molecule has 2 N–H and O–H groups in total. The molecule has 5 nitrogen and oxygen atoms in total. The number of aliphatic hydroxyl groups excluding tert-OH is 1. The Labute approximate surface area is 217 Å². The number of hydrogen-bond donors (Lipinski definition) is 2. The Balaban J connectivity index is 1.39. The van der Waals surface area contributed by atoms with Crippen molar-refractivity contribution in [3.05, 3.63) is 70.8 Å². The van der Waals surface area contributed by atoms with Crippen molar-refractivity contribution in [2.75, 3.05) is 19.8 Å². The third kappa shape index (κ3) is 9.02. The topological polar surface area (TPSA) is 67.8 Å². The Bertz CT molecular complexity index is 932. The van der Waals surface area contributed by atoms with Crippen LogP contribution in [0.5, 0.6) is 0 Å². The number of nitrogens with one attached hydrogen (secondary N) is 1. The van der Waals surface area contributed by atoms with Gasteiger partial charge in [0.2, 0.25) is 0 Å². The van der Waals surface area contributed by atoms with Crippen LogP contribution in [0.3, 0.4) is 0 Å². The maximum absolute atomic E-state index is 11.6. The van der Waals surface area contributed by atoms with Gasteiger partial charge in [-0.15, -0.1) is 0 Å². The number of unbranched alkanes of at least 4 members (excludes halogenated alkanes) is 1. The molecule has 0 bridgehead atoms. The first-order valence-electron chi connectivity index (χ1n) is 13.6. The number of β-amino-alcohol motifs (C(OH)–C–C–N with tert-alkyl or cyclic N) is 1. The van der Waals surface area contributed by atoms with Crippen molar-refractivity contribution in [2.45, 2.75) is 90.4 Å². The lowest BCUT2D eigenvalue weighted by Gasteiger charge is -2.31. The predicted molar refractivity (Wildman–Crippen MR) is 145 cm³/mol. The van der Waals surface area contributed by atoms with Crippen LogP contribution in [-0.4, -0.2) is 42.5 Å². The average Bonchev–Trinajstić information content (AvgIpc) is 3.26. The van der Waals surface area contributed by atoms with Gasteiger partial charge in [0.25, 0.3) is 0 Å². The molecule has 0 heterocycles. The summed E-state index contributed by atoms with van der Waals surface area (Å²) in [4.78, 5) is 11.6. The number of fused-ring (bicyclic) bond motifs is 1. The summed E-state index contributed by atoms with van der Waals surface area (Å²) in [6, 6.07) is 17.1. The number of carbonyl (C=O) groups is 1. The molecule has 0 spiro atoms. The van der Waals surface area contributed by atoms with Gasteiger partial charge in [0, 0.05) is 18.5 Å². The van der Waals surface area contributed by atoms with Gasteiger partial charge in [0.15, 0.2) is 0 Å². The molecule has 2 atom stereocenters. The van der Waals surface area contributed by atoms with Crippen LogP contribution in [0.25, 0.3) is 0 Å². The van der Waals surface area contributed by atoms with Gasteiger partial charge in [-0.1, -0.05) is 48.5 Å². The Morgan fingerprint density at radius 2 is 1.75 bits per heavy atom. The number of carbonyl (C=O) groups excluding carboxylic acids is 1. The van der Waals surface area contributed by atoms with Crippen LogP contribution in [0.15, 0.2) is 48.5 Å². The van der Waals surface area contributed by atoms with Crippen molar-refractivity contribution >= 4 is 5.97 Å². The molecule has 0 aromatic heterocycles. The molecule has 0 unspecified atom stereocenters. The second kappa shape index (κ2) is 13.9. The summed E-state index contributed by atoms with van der Waals surface area (Å²) in [7, 11) is 0. The third-order valence-electron chi connectivity index (χ3n) is 7.16. The van der Waals surface area contributed by atoms with E-state index in [9.17, 15) is 9.90 Å². The van der Waals surface area contributed by atoms with Crippen LogP contribution in [0.2, 0.25) is 0 Å². The Hall–Kier alpha value is -2.21. The lowest BCUT2D eigenvalue weighted by molar-refractivity contribution is -0.143. The van der Waals surface area contributed by atoms with Crippen molar-refractivity contribution in [1.82, 2.24) is 5.32 Å². The summed E-state index contributed by atoms with van der Waals surface area (Å²) in [5.74, 6) is 0.522. The Morgan fingerprint density at radius 1 is 1.08 bits per heavy atom. The molecule has 0 aliphatic heterocycles. The van der Waals surface area contributed by atoms with Gasteiger partial charge in [0.1, 0.15) is 0 Å². The van der Waals surface area contributed by atoms with E-state index in [1.807, 2.05) is 26.0 Å². The normalized spacial score (nSPS) is 15.5. The van der Waals surface area contributed by atoms with E-state index in [4.69, 9.17) is 9.47 Å². The number of aryl methyl sites for hydroxylation is 1. The fourth-order valence-corrected chi connectivity index (χ4v) is 5.36. The highest BCUT2D eigenvalue weighted by Crippen LogP contribution is 2.32. The zero-order valence-electron chi connectivity index (χ0n) is 22.6. The second-order valence-corrected chi connectivity index (χ2v) is 10.9. The first-order chi connectivity index (χ1) is 17.3. The number of hydrogen-bond acceptors (Lipinski definition) is 5. The summed E-state index contributed by atoms with van der Waals surface area (Å²) >= 11 is 0. The number of benzene rings is 2. The smallest absolute Gasteiger partial charge is 0.305 e. The minimum absolute atomic E-state index is 0.0462. The quantitative estimate of drug-likeness (QED) is 0.250. The zero-order chi connectivity index (χ0) is 26.0. The summed E-state index contributed by atoms with van der Waals surface area (Å²) < 4.78 is 11.1. The van der Waals surface area contributed by atoms with Gasteiger partial charge in [-0.2, -0.15) is 0 Å². The number of rotatable bonds is 15. The van der Waals surface area contributed by atoms with Crippen LogP contribution >= 0.6 is 0 Å². The molecule has 0 fully saturated rings. The minimum Gasteiger partial charge on any atom is -0.466 e. The highest BCUT2D eigenvalue weighted by molar-refractivity contribution is 5.69. The molecule has 0 saturated heterocycles. The van der Waals surface area contributed by atoms with E-state index in [-0.39, 0.29) is 24.2 Å². The molecule has 0 saturated carbocycles. The molecular formula is C31H45NO4. The van der Waals surface area contributed by atoms with Gasteiger partial charge in [-0.3, -0.25) is 4.79 Å². The van der Waals surface area contributed by atoms with E-state index in [1.165, 1.54) is 16.7 Å². The standard InChI is InChI=1S/C31H45NO4/c1-5-35-30(34)17-11-9-13-25-12-8-10-16-29(25)23(2)36-22-28(33)21-32-31(3,4)20-24-18-26-14-6-7-15-27(26)19-24/h6-8,10,12,14-16,23-24,28,32-33H,5,9,11,13,17-22H2,1-4H3/t23-,28-/m1/s1. The van der Waals surface area contributed by atoms with Crippen molar-refractivity contribution in [3.63, 3.8) is 0 Å². The lowest BCUT2D eigenvalue weighted by atomic mass is 9.88. The van der Waals surface area contributed by atoms with Gasteiger partial charge in [0.05, 0.1) is 25.4 Å². The lowest BCUT2D eigenvalue weighted by Crippen LogP contribution is -2.45. The first-order valence-corrected chi connectivity index (χ1v) is 13.6. The van der Waals surface area contributed by atoms with E-state index in [1.54, 1.807) is 0 Å². The molecule has 2 aromatic carbocycles. The molecule has 1 aliphatic carbocycles. The van der Waals surface area contributed by atoms with Gasteiger partial charge in [-0.05, 0) is 94.4 Å². The van der Waals surface area contributed by atoms with E-state index in [2.05, 4.69) is 55.6 Å². The maximum Gasteiger partial charge on any atom is 0.305 e. The molecular weight excluding hydrogens is 450 g/mol. The average molecular weight is 496 g/mol. The van der Waals surface area contributed by atoms with E-state index < -0.39 is 6.10 Å². The molecule has 198 valence electrons. The minimum atomic E-state index is -0.566. The molecule has 5 heteroatoms. The number of esters is 1. The maximum atomic E-state index is 11.6. The predicted octanol–water partition coefficient (Wildman–Crippen LogP) is 5.57. The highest BCUT2D eigenvalue weighted by Gasteiger charge is 2.28.